The Labute approximate surface area is 252 Å². The Balaban J connectivity index is 1.50. The summed E-state index contributed by atoms with van der Waals surface area (Å²) in [7, 11) is 0. The third-order valence-electron chi connectivity index (χ3n) is 7.62. The quantitative estimate of drug-likeness (QED) is 0.302. The van der Waals surface area contributed by atoms with Crippen LogP contribution in [0.1, 0.15) is 76.7 Å². The Morgan fingerprint density at radius 1 is 1.05 bits per heavy atom. The van der Waals surface area contributed by atoms with Crippen molar-refractivity contribution in [1.29, 1.82) is 0 Å². The molecule has 0 radical (unpaired) electrons. The van der Waals surface area contributed by atoms with Crippen LogP contribution in [0.15, 0.2) is 48.5 Å². The van der Waals surface area contributed by atoms with Gasteiger partial charge in [-0.2, -0.15) is 4.37 Å². The molecule has 1 aliphatic carbocycles. The lowest BCUT2D eigenvalue weighted by atomic mass is 9.95. The smallest absolute Gasteiger partial charge is 0.273 e. The summed E-state index contributed by atoms with van der Waals surface area (Å²) in [6.07, 6.45) is 6.56. The molecule has 12 heteroatoms. The molecule has 1 aliphatic heterocycles. The van der Waals surface area contributed by atoms with Crippen LogP contribution in [0, 0.1) is 5.82 Å². The number of halogens is 2. The van der Waals surface area contributed by atoms with Gasteiger partial charge < -0.3 is 21.1 Å². The van der Waals surface area contributed by atoms with Gasteiger partial charge in [-0.3, -0.25) is 19.3 Å². The van der Waals surface area contributed by atoms with Crippen LogP contribution in [0.5, 0.6) is 0 Å². The van der Waals surface area contributed by atoms with E-state index in [9.17, 15) is 18.8 Å². The number of carbonyl (C=O) groups is 3. The maximum Gasteiger partial charge on any atom is 0.273 e. The maximum absolute atomic E-state index is 14.3. The second-order valence-electron chi connectivity index (χ2n) is 10.6. The molecule has 222 valence electrons. The number of nitrogen functional groups attached to an aromatic ring is 1. The lowest BCUT2D eigenvalue weighted by Crippen LogP contribution is -2.45. The summed E-state index contributed by atoms with van der Waals surface area (Å²) in [4.78, 5) is 42.5. The highest BCUT2D eigenvalue weighted by Crippen LogP contribution is 2.34. The van der Waals surface area contributed by atoms with Gasteiger partial charge >= 0.3 is 0 Å². The monoisotopic (exact) mass is 613 g/mol. The highest BCUT2D eigenvalue weighted by Gasteiger charge is 2.37. The van der Waals surface area contributed by atoms with Gasteiger partial charge in [-0.05, 0) is 79.2 Å². The summed E-state index contributed by atoms with van der Waals surface area (Å²) in [5, 5.41) is 6.33. The molecule has 2 aliphatic rings. The van der Waals surface area contributed by atoms with Crippen molar-refractivity contribution in [2.45, 2.75) is 63.1 Å². The van der Waals surface area contributed by atoms with Crippen LogP contribution in [-0.2, 0) is 9.53 Å². The first-order valence-electron chi connectivity index (χ1n) is 14.1. The number of anilines is 2. The number of amides is 3. The number of nitrogens with zero attached hydrogens (tertiary/aromatic N) is 2. The minimum Gasteiger partial charge on any atom is -0.395 e. The van der Waals surface area contributed by atoms with Crippen molar-refractivity contribution >= 4 is 52.2 Å². The predicted octanol–water partition coefficient (Wildman–Crippen LogP) is 5.26. The van der Waals surface area contributed by atoms with E-state index in [4.69, 9.17) is 22.1 Å². The average Bonchev–Trinajstić information content (AvgIpc) is 3.66. The third kappa shape index (κ3) is 6.91. The SMILES string of the molecule is Nc1c(C(=O)NC2CCCCC2)nsc1C(=O)N(c1ccc(Cl)cc1)[C@H](C(=O)NC[C@@H]1CCCO1)c1ccc(F)cc1. The van der Waals surface area contributed by atoms with E-state index in [0.717, 1.165) is 56.5 Å². The van der Waals surface area contributed by atoms with Crippen LogP contribution in [0.3, 0.4) is 0 Å². The van der Waals surface area contributed by atoms with Crippen molar-refractivity contribution in [2.75, 3.05) is 23.8 Å². The zero-order chi connectivity index (χ0) is 29.6. The van der Waals surface area contributed by atoms with Crippen molar-refractivity contribution in [1.82, 2.24) is 15.0 Å². The lowest BCUT2D eigenvalue weighted by Gasteiger charge is -2.31. The van der Waals surface area contributed by atoms with Crippen molar-refractivity contribution in [3.05, 3.63) is 75.5 Å². The van der Waals surface area contributed by atoms with Crippen molar-refractivity contribution in [2.24, 2.45) is 0 Å². The molecular formula is C30H33ClFN5O4S. The molecule has 1 saturated carbocycles. The number of nitrogens with one attached hydrogen (secondary N) is 2. The maximum atomic E-state index is 14.3. The van der Waals surface area contributed by atoms with E-state index in [1.807, 2.05) is 0 Å². The minimum atomic E-state index is -1.21. The molecule has 42 heavy (non-hydrogen) atoms. The Bertz CT molecular complexity index is 1410. The van der Waals surface area contributed by atoms with E-state index in [0.29, 0.717) is 22.9 Å². The number of ether oxygens (including phenoxy) is 1. The molecule has 3 aromatic rings. The number of hydrogen-bond donors (Lipinski definition) is 3. The van der Waals surface area contributed by atoms with Crippen LogP contribution in [0.4, 0.5) is 15.8 Å². The highest BCUT2D eigenvalue weighted by molar-refractivity contribution is 7.09. The molecule has 5 rings (SSSR count). The first-order chi connectivity index (χ1) is 20.3. The molecule has 0 spiro atoms. The summed E-state index contributed by atoms with van der Waals surface area (Å²) < 4.78 is 23.8. The molecular weight excluding hydrogens is 581 g/mol. The van der Waals surface area contributed by atoms with Crippen LogP contribution < -0.4 is 21.3 Å². The van der Waals surface area contributed by atoms with Crippen molar-refractivity contribution < 1.29 is 23.5 Å². The first kappa shape index (κ1) is 29.9. The van der Waals surface area contributed by atoms with Gasteiger partial charge in [0, 0.05) is 29.9 Å². The molecule has 2 aromatic carbocycles. The molecule has 3 amide bonds. The largest absolute Gasteiger partial charge is 0.395 e. The number of carbonyl (C=O) groups excluding carboxylic acids is 3. The van der Waals surface area contributed by atoms with Gasteiger partial charge in [0.1, 0.15) is 16.7 Å². The van der Waals surface area contributed by atoms with Gasteiger partial charge in [-0.25, -0.2) is 4.39 Å². The second-order valence-corrected chi connectivity index (χ2v) is 11.8. The predicted molar refractivity (Wildman–Crippen MR) is 160 cm³/mol. The normalized spacial score (nSPS) is 17.9. The summed E-state index contributed by atoms with van der Waals surface area (Å²) in [5.41, 5.74) is 7.03. The first-order valence-corrected chi connectivity index (χ1v) is 15.3. The summed E-state index contributed by atoms with van der Waals surface area (Å²) in [6, 6.07) is 10.6. The highest BCUT2D eigenvalue weighted by atomic mass is 35.5. The Morgan fingerprint density at radius 3 is 2.43 bits per heavy atom. The molecule has 2 fully saturated rings. The number of aromatic nitrogens is 1. The van der Waals surface area contributed by atoms with Gasteiger partial charge in [0.2, 0.25) is 5.91 Å². The van der Waals surface area contributed by atoms with Crippen LogP contribution in [-0.4, -0.2) is 47.4 Å². The molecule has 1 saturated heterocycles. The average molecular weight is 614 g/mol. The molecule has 2 atom stereocenters. The van der Waals surface area contributed by atoms with Gasteiger partial charge in [0.05, 0.1) is 11.8 Å². The molecule has 0 unspecified atom stereocenters. The van der Waals surface area contributed by atoms with E-state index in [2.05, 4.69) is 15.0 Å². The fourth-order valence-electron chi connectivity index (χ4n) is 5.39. The standard InChI is InChI=1S/C30H33ClFN5O4S/c31-19-10-14-22(15-11-19)37(26(18-8-12-20(32)13-9-18)29(39)34-17-23-7-4-16-41-23)30(40)27-24(33)25(36-42-27)28(38)35-21-5-2-1-3-6-21/h8-15,21,23,26H,1-7,16-17,33H2,(H,34,39)(H,35,38)/t23-,26-/m0/s1. The fraction of sp³-hybridized carbons (Fsp3) is 0.400. The molecule has 9 nitrogen and oxygen atoms in total. The fourth-order valence-corrected chi connectivity index (χ4v) is 6.25. The topological polar surface area (TPSA) is 127 Å². The van der Waals surface area contributed by atoms with E-state index in [-0.39, 0.29) is 34.9 Å². The number of benzene rings is 2. The van der Waals surface area contributed by atoms with E-state index in [1.54, 1.807) is 24.3 Å². The van der Waals surface area contributed by atoms with Crippen molar-refractivity contribution in [3.8, 4) is 0 Å². The van der Waals surface area contributed by atoms with E-state index < -0.39 is 29.6 Å². The molecule has 4 N–H and O–H groups in total. The Morgan fingerprint density at radius 2 is 1.76 bits per heavy atom. The molecule has 1 aromatic heterocycles. The summed E-state index contributed by atoms with van der Waals surface area (Å²) >= 11 is 6.94. The summed E-state index contributed by atoms with van der Waals surface area (Å²) in [5.74, 6) is -2.04. The van der Waals surface area contributed by atoms with Gasteiger partial charge in [-0.1, -0.05) is 43.0 Å². The lowest BCUT2D eigenvalue weighted by molar-refractivity contribution is -0.123. The Hall–Kier alpha value is -3.54. The van der Waals surface area contributed by atoms with E-state index >= 15 is 0 Å². The zero-order valence-corrected chi connectivity index (χ0v) is 24.6. The van der Waals surface area contributed by atoms with Crippen LogP contribution in [0.25, 0.3) is 0 Å². The minimum absolute atomic E-state index is 0.0118. The van der Waals surface area contributed by atoms with Crippen molar-refractivity contribution in [3.63, 3.8) is 0 Å². The summed E-state index contributed by atoms with van der Waals surface area (Å²) in [6.45, 7) is 0.881. The second kappa shape index (κ2) is 13.6. The Kier molecular flexibility index (Phi) is 9.71. The van der Waals surface area contributed by atoms with E-state index in [1.165, 1.54) is 29.2 Å². The molecule has 2 heterocycles. The third-order valence-corrected chi connectivity index (χ3v) is 8.72. The zero-order valence-electron chi connectivity index (χ0n) is 23.0. The number of hydrogen-bond acceptors (Lipinski definition) is 7. The van der Waals surface area contributed by atoms with Gasteiger partial charge in [-0.15, -0.1) is 0 Å². The van der Waals surface area contributed by atoms with Crippen LogP contribution >= 0.6 is 23.1 Å². The molecule has 0 bridgehead atoms. The van der Waals surface area contributed by atoms with Crippen LogP contribution in [0.2, 0.25) is 5.02 Å². The van der Waals surface area contributed by atoms with Gasteiger partial charge in [0.25, 0.3) is 11.8 Å². The van der Waals surface area contributed by atoms with Gasteiger partial charge in [0.15, 0.2) is 5.69 Å². The number of rotatable bonds is 9. The number of nitrogens with two attached hydrogens (primary N) is 1.